The van der Waals surface area contributed by atoms with Crippen LogP contribution in [0.15, 0.2) is 18.2 Å². The summed E-state index contributed by atoms with van der Waals surface area (Å²) in [5, 5.41) is 3.08. The van der Waals surface area contributed by atoms with Crippen LogP contribution >= 0.6 is 0 Å². The third-order valence-electron chi connectivity index (χ3n) is 5.93. The van der Waals surface area contributed by atoms with E-state index in [0.717, 1.165) is 44.8 Å². The number of morpholine rings is 1. The molecule has 0 bridgehead atoms. The first-order valence-electron chi connectivity index (χ1n) is 9.53. The number of nitrogens with one attached hydrogen (secondary N) is 1. The van der Waals surface area contributed by atoms with Crippen LogP contribution in [-0.4, -0.2) is 50.2 Å². The summed E-state index contributed by atoms with van der Waals surface area (Å²) < 4.78 is 5.36. The van der Waals surface area contributed by atoms with Crippen LogP contribution in [0.2, 0.25) is 0 Å². The molecule has 0 atom stereocenters. The molecule has 0 spiro atoms. The van der Waals surface area contributed by atoms with E-state index in [1.807, 2.05) is 6.07 Å². The number of nitrogens with zero attached hydrogens (tertiary/aromatic N) is 1. The van der Waals surface area contributed by atoms with Crippen LogP contribution in [0, 0.1) is 0 Å². The molecule has 0 unspecified atom stereocenters. The molecule has 4 heteroatoms. The molecule has 25 heavy (non-hydrogen) atoms. The molecule has 138 valence electrons. The lowest BCUT2D eigenvalue weighted by molar-refractivity contribution is 0.0383. The lowest BCUT2D eigenvalue weighted by atomic mass is 9.63. The SMILES string of the molecule is CC1(C)CCC(C)(C)c2cc(C(=O)NCCN3CCOCC3)ccc21. The van der Waals surface area contributed by atoms with Gasteiger partial charge in [-0.05, 0) is 46.9 Å². The van der Waals surface area contributed by atoms with E-state index in [2.05, 4.69) is 50.0 Å². The predicted octanol–water partition coefficient (Wildman–Crippen LogP) is 3.10. The van der Waals surface area contributed by atoms with Gasteiger partial charge in [0.15, 0.2) is 0 Å². The Morgan fingerprint density at radius 3 is 2.40 bits per heavy atom. The van der Waals surface area contributed by atoms with Crippen molar-refractivity contribution in [3.63, 3.8) is 0 Å². The topological polar surface area (TPSA) is 41.6 Å². The highest BCUT2D eigenvalue weighted by molar-refractivity contribution is 5.94. The van der Waals surface area contributed by atoms with Crippen molar-refractivity contribution in [1.29, 1.82) is 0 Å². The maximum absolute atomic E-state index is 12.6. The van der Waals surface area contributed by atoms with Crippen LogP contribution in [-0.2, 0) is 15.6 Å². The van der Waals surface area contributed by atoms with Crippen molar-refractivity contribution < 1.29 is 9.53 Å². The maximum atomic E-state index is 12.6. The summed E-state index contributed by atoms with van der Waals surface area (Å²) in [4.78, 5) is 14.9. The second-order valence-electron chi connectivity index (χ2n) is 8.74. The highest BCUT2D eigenvalue weighted by atomic mass is 16.5. The molecular weight excluding hydrogens is 312 g/mol. The minimum absolute atomic E-state index is 0.0373. The molecule has 1 amide bonds. The van der Waals surface area contributed by atoms with E-state index >= 15 is 0 Å². The van der Waals surface area contributed by atoms with E-state index in [0.29, 0.717) is 6.54 Å². The van der Waals surface area contributed by atoms with Gasteiger partial charge in [0.25, 0.3) is 5.91 Å². The molecule has 0 saturated carbocycles. The fraction of sp³-hybridized carbons (Fsp3) is 0.667. The molecule has 4 nitrogen and oxygen atoms in total. The minimum atomic E-state index is 0.0373. The second-order valence-corrected chi connectivity index (χ2v) is 8.74. The van der Waals surface area contributed by atoms with Crippen LogP contribution in [0.1, 0.15) is 62.0 Å². The summed E-state index contributed by atoms with van der Waals surface area (Å²) in [6, 6.07) is 6.29. The Labute approximate surface area is 151 Å². The molecule has 1 N–H and O–H groups in total. The smallest absolute Gasteiger partial charge is 0.251 e. The Kier molecular flexibility index (Phi) is 5.21. The van der Waals surface area contributed by atoms with Gasteiger partial charge in [0, 0.05) is 31.7 Å². The largest absolute Gasteiger partial charge is 0.379 e. The van der Waals surface area contributed by atoms with Crippen molar-refractivity contribution >= 4 is 5.91 Å². The van der Waals surface area contributed by atoms with Crippen molar-refractivity contribution in [1.82, 2.24) is 10.2 Å². The van der Waals surface area contributed by atoms with Crippen molar-refractivity contribution in [2.75, 3.05) is 39.4 Å². The van der Waals surface area contributed by atoms with Gasteiger partial charge in [-0.3, -0.25) is 9.69 Å². The van der Waals surface area contributed by atoms with E-state index in [1.54, 1.807) is 0 Å². The Balaban J connectivity index is 1.67. The van der Waals surface area contributed by atoms with Gasteiger partial charge in [0.2, 0.25) is 0 Å². The zero-order chi connectivity index (χ0) is 18.1. The Morgan fingerprint density at radius 1 is 1.08 bits per heavy atom. The average Bonchev–Trinajstić information content (AvgIpc) is 2.60. The Bertz CT molecular complexity index is 631. The van der Waals surface area contributed by atoms with E-state index in [9.17, 15) is 4.79 Å². The molecule has 1 aromatic carbocycles. The second kappa shape index (κ2) is 7.08. The van der Waals surface area contributed by atoms with E-state index in [1.165, 1.54) is 17.5 Å². The summed E-state index contributed by atoms with van der Waals surface area (Å²) >= 11 is 0. The third-order valence-corrected chi connectivity index (χ3v) is 5.93. The highest BCUT2D eigenvalue weighted by Crippen LogP contribution is 2.45. The molecule has 0 radical (unpaired) electrons. The molecular formula is C21H32N2O2. The van der Waals surface area contributed by atoms with Crippen LogP contribution in [0.4, 0.5) is 0 Å². The highest BCUT2D eigenvalue weighted by Gasteiger charge is 2.37. The van der Waals surface area contributed by atoms with Crippen LogP contribution < -0.4 is 5.32 Å². The number of ether oxygens (including phenoxy) is 1. The fourth-order valence-corrected chi connectivity index (χ4v) is 3.98. The van der Waals surface area contributed by atoms with Gasteiger partial charge >= 0.3 is 0 Å². The first kappa shape index (κ1) is 18.4. The Morgan fingerprint density at radius 2 is 1.72 bits per heavy atom. The van der Waals surface area contributed by atoms with Gasteiger partial charge < -0.3 is 10.1 Å². The lowest BCUT2D eigenvalue weighted by Crippen LogP contribution is -2.41. The number of benzene rings is 1. The summed E-state index contributed by atoms with van der Waals surface area (Å²) in [7, 11) is 0. The van der Waals surface area contributed by atoms with Gasteiger partial charge in [-0.2, -0.15) is 0 Å². The van der Waals surface area contributed by atoms with E-state index in [-0.39, 0.29) is 16.7 Å². The van der Waals surface area contributed by atoms with Crippen LogP contribution in [0.25, 0.3) is 0 Å². The zero-order valence-corrected chi connectivity index (χ0v) is 16.2. The number of fused-ring (bicyclic) bond motifs is 1. The molecule has 1 aromatic rings. The van der Waals surface area contributed by atoms with Gasteiger partial charge in [-0.25, -0.2) is 0 Å². The van der Waals surface area contributed by atoms with Crippen LogP contribution in [0.3, 0.4) is 0 Å². The van der Waals surface area contributed by atoms with Crippen molar-refractivity contribution in [3.8, 4) is 0 Å². The van der Waals surface area contributed by atoms with Gasteiger partial charge in [0.1, 0.15) is 0 Å². The summed E-state index contributed by atoms with van der Waals surface area (Å²) in [6.45, 7) is 14.3. The zero-order valence-electron chi connectivity index (χ0n) is 16.2. The van der Waals surface area contributed by atoms with Crippen molar-refractivity contribution in [2.24, 2.45) is 0 Å². The number of hydrogen-bond acceptors (Lipinski definition) is 3. The third kappa shape index (κ3) is 4.06. The first-order chi connectivity index (χ1) is 11.8. The number of carbonyl (C=O) groups is 1. The van der Waals surface area contributed by atoms with Gasteiger partial charge in [0.05, 0.1) is 13.2 Å². The van der Waals surface area contributed by atoms with Gasteiger partial charge in [-0.1, -0.05) is 33.8 Å². The molecule has 1 heterocycles. The maximum Gasteiger partial charge on any atom is 0.251 e. The Hall–Kier alpha value is -1.39. The molecule has 0 aromatic heterocycles. The van der Waals surface area contributed by atoms with E-state index < -0.39 is 0 Å². The molecule has 1 saturated heterocycles. The predicted molar refractivity (Wildman–Crippen MR) is 101 cm³/mol. The van der Waals surface area contributed by atoms with Crippen LogP contribution in [0.5, 0.6) is 0 Å². The molecule has 2 aliphatic rings. The number of amides is 1. The van der Waals surface area contributed by atoms with Gasteiger partial charge in [-0.15, -0.1) is 0 Å². The summed E-state index contributed by atoms with van der Waals surface area (Å²) in [5.41, 5.74) is 3.84. The molecule has 1 fully saturated rings. The number of rotatable bonds is 4. The quantitative estimate of drug-likeness (QED) is 0.912. The number of hydrogen-bond donors (Lipinski definition) is 1. The summed E-state index contributed by atoms with van der Waals surface area (Å²) in [6.07, 6.45) is 2.35. The minimum Gasteiger partial charge on any atom is -0.379 e. The molecule has 3 rings (SSSR count). The molecule has 1 aliphatic heterocycles. The molecule has 1 aliphatic carbocycles. The monoisotopic (exact) mass is 344 g/mol. The number of carbonyl (C=O) groups excluding carboxylic acids is 1. The normalized spacial score (nSPS) is 22.2. The van der Waals surface area contributed by atoms with E-state index in [4.69, 9.17) is 4.74 Å². The standard InChI is InChI=1S/C21H32N2O2/c1-20(2)7-8-21(3,4)18-15-16(5-6-17(18)20)19(24)22-9-10-23-11-13-25-14-12-23/h5-6,15H,7-14H2,1-4H3,(H,22,24). The van der Waals surface area contributed by atoms with Crippen molar-refractivity contribution in [3.05, 3.63) is 34.9 Å². The first-order valence-corrected chi connectivity index (χ1v) is 9.53. The lowest BCUT2D eigenvalue weighted by Gasteiger charge is -2.42. The summed E-state index contributed by atoms with van der Waals surface area (Å²) in [5.74, 6) is 0.0373. The fourth-order valence-electron chi connectivity index (χ4n) is 3.98. The average molecular weight is 344 g/mol. The van der Waals surface area contributed by atoms with Crippen molar-refractivity contribution in [2.45, 2.75) is 51.4 Å².